The quantitative estimate of drug-likeness (QED) is 0.589. The summed E-state index contributed by atoms with van der Waals surface area (Å²) in [6.45, 7) is 11.2. The number of aryl methyl sites for hydroxylation is 2. The molecule has 2 nitrogen and oxygen atoms in total. The van der Waals surface area contributed by atoms with Crippen molar-refractivity contribution in [2.24, 2.45) is 7.05 Å². The third-order valence-electron chi connectivity index (χ3n) is 4.61. The molecule has 0 radical (unpaired) electrons. The van der Waals surface area contributed by atoms with Crippen molar-refractivity contribution in [1.29, 1.82) is 0 Å². The smallest absolute Gasteiger partial charge is 0.230 e. The van der Waals surface area contributed by atoms with Crippen molar-refractivity contribution in [1.82, 2.24) is 4.57 Å². The number of imidazole rings is 1. The average molecular weight is 293 g/mol. The number of nitrogens with zero attached hydrogens (tertiary/aromatic N) is 2. The summed E-state index contributed by atoms with van der Waals surface area (Å²) in [5, 5.41) is 0. The van der Waals surface area contributed by atoms with Crippen LogP contribution in [0.4, 0.5) is 0 Å². The van der Waals surface area contributed by atoms with Crippen molar-refractivity contribution < 1.29 is 4.57 Å². The second kappa shape index (κ2) is 4.98. The number of hydrogen-bond acceptors (Lipinski definition) is 0. The van der Waals surface area contributed by atoms with E-state index in [1.54, 1.807) is 0 Å². The van der Waals surface area contributed by atoms with E-state index < -0.39 is 0 Å². The van der Waals surface area contributed by atoms with E-state index in [-0.39, 0.29) is 5.41 Å². The molecule has 0 atom stereocenters. The van der Waals surface area contributed by atoms with E-state index in [1.807, 2.05) is 0 Å². The molecule has 0 spiro atoms. The topological polar surface area (TPSA) is 8.81 Å². The van der Waals surface area contributed by atoms with Gasteiger partial charge in [0.2, 0.25) is 0 Å². The molecule has 1 aromatic heterocycles. The molecule has 2 heteroatoms. The van der Waals surface area contributed by atoms with Crippen LogP contribution in [0.2, 0.25) is 0 Å². The van der Waals surface area contributed by atoms with E-state index in [0.29, 0.717) is 0 Å². The summed E-state index contributed by atoms with van der Waals surface area (Å²) in [7, 11) is 2.14. The second-order valence-corrected chi connectivity index (χ2v) is 7.18. The molecule has 0 aliphatic carbocycles. The number of benzene rings is 2. The maximum Gasteiger partial charge on any atom is 0.259 e. The lowest BCUT2D eigenvalue weighted by molar-refractivity contribution is -0.652. The van der Waals surface area contributed by atoms with Crippen LogP contribution in [0.5, 0.6) is 0 Å². The monoisotopic (exact) mass is 293 g/mol. The van der Waals surface area contributed by atoms with Crippen LogP contribution < -0.4 is 4.57 Å². The zero-order valence-electron chi connectivity index (χ0n) is 14.4. The van der Waals surface area contributed by atoms with Crippen LogP contribution in [0, 0.1) is 13.8 Å². The largest absolute Gasteiger partial charge is 0.259 e. The fraction of sp³-hybridized carbons (Fsp3) is 0.350. The zero-order valence-corrected chi connectivity index (χ0v) is 14.4. The molecule has 0 fully saturated rings. The van der Waals surface area contributed by atoms with E-state index in [4.69, 9.17) is 0 Å². The molecule has 0 bridgehead atoms. The Kier molecular flexibility index (Phi) is 3.36. The third kappa shape index (κ3) is 2.23. The van der Waals surface area contributed by atoms with Gasteiger partial charge in [-0.15, -0.1) is 0 Å². The lowest BCUT2D eigenvalue weighted by atomic mass is 9.86. The first kappa shape index (κ1) is 14.8. The Morgan fingerprint density at radius 1 is 0.955 bits per heavy atom. The van der Waals surface area contributed by atoms with Crippen molar-refractivity contribution in [3.63, 3.8) is 0 Å². The van der Waals surface area contributed by atoms with Gasteiger partial charge in [0.15, 0.2) is 11.0 Å². The lowest BCUT2D eigenvalue weighted by Crippen LogP contribution is -2.30. The lowest BCUT2D eigenvalue weighted by Gasteiger charge is -2.20. The van der Waals surface area contributed by atoms with Crippen LogP contribution in [-0.2, 0) is 12.5 Å². The average Bonchev–Trinajstić information content (AvgIpc) is 2.71. The summed E-state index contributed by atoms with van der Waals surface area (Å²) < 4.78 is 4.64. The SMILES string of the molecule is Cc1ccc(C(C)(C)C)cc1-n1c(C)[n+](C)c2ccccc21. The zero-order chi connectivity index (χ0) is 16.1. The highest BCUT2D eigenvalue weighted by Gasteiger charge is 2.23. The predicted molar refractivity (Wildman–Crippen MR) is 92.6 cm³/mol. The van der Waals surface area contributed by atoms with E-state index in [0.717, 1.165) is 0 Å². The van der Waals surface area contributed by atoms with Gasteiger partial charge in [-0.2, -0.15) is 4.57 Å². The standard InChI is InChI=1S/C20H25N2/c1-14-11-12-16(20(3,4)5)13-19(14)22-15(2)21(6)17-9-7-8-10-18(17)22/h7-13H,1-6H3/q+1. The van der Waals surface area contributed by atoms with Gasteiger partial charge in [0, 0.05) is 6.92 Å². The Balaban J connectivity index is 2.35. The third-order valence-corrected chi connectivity index (χ3v) is 4.61. The first-order valence-corrected chi connectivity index (χ1v) is 7.88. The Bertz CT molecular complexity index is 848. The van der Waals surface area contributed by atoms with Gasteiger partial charge < -0.3 is 0 Å². The molecule has 0 aliphatic heterocycles. The van der Waals surface area contributed by atoms with Crippen LogP contribution in [0.15, 0.2) is 42.5 Å². The van der Waals surface area contributed by atoms with E-state index >= 15 is 0 Å². The van der Waals surface area contributed by atoms with Crippen molar-refractivity contribution >= 4 is 11.0 Å². The predicted octanol–water partition coefficient (Wildman–Crippen LogP) is 4.37. The van der Waals surface area contributed by atoms with E-state index in [9.17, 15) is 0 Å². The first-order chi connectivity index (χ1) is 10.3. The van der Waals surface area contributed by atoms with Crippen molar-refractivity contribution in [2.75, 3.05) is 0 Å². The minimum absolute atomic E-state index is 0.154. The highest BCUT2D eigenvalue weighted by atomic mass is 15.2. The molecule has 114 valence electrons. The van der Waals surface area contributed by atoms with Gasteiger partial charge >= 0.3 is 0 Å². The molecule has 0 saturated heterocycles. The summed E-state index contributed by atoms with van der Waals surface area (Å²) >= 11 is 0. The highest BCUT2D eigenvalue weighted by Crippen LogP contribution is 2.28. The minimum atomic E-state index is 0.154. The van der Waals surface area contributed by atoms with Crippen molar-refractivity contribution in [3.05, 3.63) is 59.4 Å². The fourth-order valence-corrected chi connectivity index (χ4v) is 3.06. The van der Waals surface area contributed by atoms with Gasteiger partial charge in [0.1, 0.15) is 5.69 Å². The molecule has 0 amide bonds. The summed E-state index contributed by atoms with van der Waals surface area (Å²) in [4.78, 5) is 0. The van der Waals surface area contributed by atoms with Crippen LogP contribution in [0.25, 0.3) is 16.7 Å². The van der Waals surface area contributed by atoms with Crippen LogP contribution in [0.1, 0.15) is 37.7 Å². The number of fused-ring (bicyclic) bond motifs is 1. The van der Waals surface area contributed by atoms with E-state index in [2.05, 4.69) is 93.3 Å². The first-order valence-electron chi connectivity index (χ1n) is 7.88. The Labute approximate surface area is 133 Å². The number of para-hydroxylation sites is 2. The maximum absolute atomic E-state index is 2.37. The molecule has 3 aromatic rings. The summed E-state index contributed by atoms with van der Waals surface area (Å²) in [6, 6.07) is 15.4. The summed E-state index contributed by atoms with van der Waals surface area (Å²) in [5.74, 6) is 1.25. The normalized spacial score (nSPS) is 12.1. The van der Waals surface area contributed by atoms with Gasteiger partial charge in [-0.1, -0.05) is 45.0 Å². The van der Waals surface area contributed by atoms with Gasteiger partial charge in [-0.05, 0) is 41.7 Å². The summed E-state index contributed by atoms with van der Waals surface area (Å²) in [6.07, 6.45) is 0. The van der Waals surface area contributed by atoms with E-state index in [1.165, 1.54) is 33.7 Å². The highest BCUT2D eigenvalue weighted by molar-refractivity contribution is 5.75. The molecular formula is C20H25N2+. The van der Waals surface area contributed by atoms with Gasteiger partial charge in [-0.25, -0.2) is 4.57 Å². The molecule has 0 unspecified atom stereocenters. The van der Waals surface area contributed by atoms with Gasteiger partial charge in [0.25, 0.3) is 5.82 Å². The fourth-order valence-electron chi connectivity index (χ4n) is 3.06. The molecule has 2 aromatic carbocycles. The van der Waals surface area contributed by atoms with Crippen LogP contribution in [-0.4, -0.2) is 4.57 Å². The van der Waals surface area contributed by atoms with Crippen molar-refractivity contribution in [2.45, 2.75) is 40.0 Å². The summed E-state index contributed by atoms with van der Waals surface area (Å²) in [5.41, 5.74) is 6.63. The molecule has 0 saturated carbocycles. The molecule has 3 rings (SSSR count). The van der Waals surface area contributed by atoms with Crippen molar-refractivity contribution in [3.8, 4) is 5.69 Å². The van der Waals surface area contributed by atoms with Gasteiger partial charge in [0.05, 0.1) is 7.05 Å². The minimum Gasteiger partial charge on any atom is -0.230 e. The Hall–Kier alpha value is -2.09. The number of rotatable bonds is 1. The number of hydrogen-bond donors (Lipinski definition) is 0. The Morgan fingerprint density at radius 3 is 2.32 bits per heavy atom. The maximum atomic E-state index is 2.37. The molecule has 0 N–H and O–H groups in total. The molecule has 22 heavy (non-hydrogen) atoms. The number of aromatic nitrogens is 2. The van der Waals surface area contributed by atoms with Crippen LogP contribution >= 0.6 is 0 Å². The van der Waals surface area contributed by atoms with Gasteiger partial charge in [-0.3, -0.25) is 0 Å². The van der Waals surface area contributed by atoms with Crippen LogP contribution in [0.3, 0.4) is 0 Å². The molecule has 0 aliphatic rings. The second-order valence-electron chi connectivity index (χ2n) is 7.18. The molecular weight excluding hydrogens is 268 g/mol. The molecule has 1 heterocycles. The Morgan fingerprint density at radius 2 is 1.64 bits per heavy atom.